The number of fused-ring (bicyclic) bond motifs is 4. The Kier molecular flexibility index (Phi) is 5.45. The van der Waals surface area contributed by atoms with Gasteiger partial charge < -0.3 is 11.1 Å². The molecule has 4 atom stereocenters. The van der Waals surface area contributed by atoms with Crippen molar-refractivity contribution in [1.29, 1.82) is 0 Å². The number of nitrogens with zero attached hydrogens (tertiary/aromatic N) is 1. The van der Waals surface area contributed by atoms with Crippen molar-refractivity contribution in [2.45, 2.75) is 37.8 Å². The monoisotopic (exact) mass is 480 g/mol. The number of halogens is 1. The van der Waals surface area contributed by atoms with Crippen LogP contribution in [0.1, 0.15) is 29.5 Å². The van der Waals surface area contributed by atoms with Crippen LogP contribution in [0.2, 0.25) is 5.02 Å². The van der Waals surface area contributed by atoms with E-state index in [0.717, 1.165) is 11.1 Å². The SMILES string of the molecule is Cc1cc(Cl)c2c(c1)[C@]1(N[C@@H](CCC(N)=O)[C@H]3C(=O)N(CCc4ccccc4)C(=O)[C@@H]31)C(=O)N2. The standard InChI is InChI=1S/C25H25ClN4O4/c1-13-11-15-21(16(26)12-13)28-24(34)25(15)20-19(17(29-25)7-8-18(27)31)22(32)30(23(20)33)10-9-14-5-3-2-4-6-14/h2-6,11-12,17,19-20,29H,7-10H2,1H3,(H2,27,31)(H,28,34)/t17-,19+,20+,25+/m0/s1. The largest absolute Gasteiger partial charge is 0.370 e. The predicted molar refractivity (Wildman–Crippen MR) is 126 cm³/mol. The number of hydrogen-bond donors (Lipinski definition) is 3. The molecule has 0 radical (unpaired) electrons. The average molecular weight is 481 g/mol. The van der Waals surface area contributed by atoms with Gasteiger partial charge in [0.25, 0.3) is 0 Å². The summed E-state index contributed by atoms with van der Waals surface area (Å²) in [5, 5.41) is 6.49. The molecule has 2 fully saturated rings. The molecule has 8 nitrogen and oxygen atoms in total. The van der Waals surface area contributed by atoms with E-state index in [4.69, 9.17) is 17.3 Å². The molecule has 176 valence electrons. The van der Waals surface area contributed by atoms with E-state index in [1.807, 2.05) is 43.3 Å². The van der Waals surface area contributed by atoms with Crippen LogP contribution in [0.3, 0.4) is 0 Å². The number of rotatable bonds is 6. The van der Waals surface area contributed by atoms with E-state index >= 15 is 0 Å². The zero-order chi connectivity index (χ0) is 24.2. The number of hydrogen-bond acceptors (Lipinski definition) is 5. The topological polar surface area (TPSA) is 122 Å². The first kappa shape index (κ1) is 22.6. The van der Waals surface area contributed by atoms with Gasteiger partial charge in [0.1, 0.15) is 5.54 Å². The van der Waals surface area contributed by atoms with Crippen molar-refractivity contribution in [3.05, 3.63) is 64.2 Å². The fourth-order valence-electron chi connectivity index (χ4n) is 5.71. The van der Waals surface area contributed by atoms with Crippen LogP contribution in [0.25, 0.3) is 0 Å². The summed E-state index contributed by atoms with van der Waals surface area (Å²) in [7, 11) is 0. The highest BCUT2D eigenvalue weighted by molar-refractivity contribution is 6.35. The van der Waals surface area contributed by atoms with E-state index in [1.165, 1.54) is 4.90 Å². The van der Waals surface area contributed by atoms with Crippen molar-refractivity contribution < 1.29 is 19.2 Å². The van der Waals surface area contributed by atoms with Crippen molar-refractivity contribution in [3.63, 3.8) is 0 Å². The van der Waals surface area contributed by atoms with Gasteiger partial charge in [0.05, 0.1) is 22.5 Å². The normalized spacial score (nSPS) is 27.3. The lowest BCUT2D eigenvalue weighted by atomic mass is 9.76. The van der Waals surface area contributed by atoms with Crippen molar-refractivity contribution >= 4 is 40.9 Å². The maximum absolute atomic E-state index is 13.7. The fraction of sp³-hybridized carbons (Fsp3) is 0.360. The van der Waals surface area contributed by atoms with Crippen LogP contribution in [0.5, 0.6) is 0 Å². The Hall–Kier alpha value is -3.23. The molecule has 3 aliphatic rings. The Morgan fingerprint density at radius 1 is 1.15 bits per heavy atom. The molecule has 0 aromatic heterocycles. The van der Waals surface area contributed by atoms with Crippen molar-refractivity contribution in [2.75, 3.05) is 11.9 Å². The van der Waals surface area contributed by atoms with Crippen LogP contribution < -0.4 is 16.4 Å². The summed E-state index contributed by atoms with van der Waals surface area (Å²) in [5.74, 6) is -3.36. The molecule has 9 heteroatoms. The molecule has 2 aromatic rings. The quantitative estimate of drug-likeness (QED) is 0.545. The molecule has 3 heterocycles. The van der Waals surface area contributed by atoms with Crippen molar-refractivity contribution in [3.8, 4) is 0 Å². The first-order chi connectivity index (χ1) is 16.2. The molecule has 0 bridgehead atoms. The van der Waals surface area contributed by atoms with Crippen LogP contribution in [-0.4, -0.2) is 41.1 Å². The van der Waals surface area contributed by atoms with E-state index in [2.05, 4.69) is 10.6 Å². The number of nitrogens with one attached hydrogen (secondary N) is 2. The number of anilines is 1. The van der Waals surface area contributed by atoms with Crippen LogP contribution >= 0.6 is 11.6 Å². The minimum Gasteiger partial charge on any atom is -0.370 e. The number of likely N-dealkylation sites (tertiary alicyclic amines) is 1. The Labute approximate surface area is 201 Å². The first-order valence-corrected chi connectivity index (χ1v) is 11.7. The number of carbonyl (C=O) groups is 4. The lowest BCUT2D eigenvalue weighted by molar-refractivity contribution is -0.142. The van der Waals surface area contributed by atoms with Gasteiger partial charge in [-0.2, -0.15) is 0 Å². The van der Waals surface area contributed by atoms with E-state index in [-0.39, 0.29) is 31.2 Å². The van der Waals surface area contributed by atoms with Crippen LogP contribution in [0.15, 0.2) is 42.5 Å². The molecule has 0 unspecified atom stereocenters. The third-order valence-electron chi connectivity index (χ3n) is 7.18. The Morgan fingerprint density at radius 3 is 2.59 bits per heavy atom. The second kappa shape index (κ2) is 8.21. The first-order valence-electron chi connectivity index (χ1n) is 11.3. The van der Waals surface area contributed by atoms with E-state index in [1.54, 1.807) is 6.07 Å². The molecule has 0 saturated carbocycles. The Balaban J connectivity index is 1.55. The summed E-state index contributed by atoms with van der Waals surface area (Å²) in [6.07, 6.45) is 0.787. The summed E-state index contributed by atoms with van der Waals surface area (Å²) in [4.78, 5) is 53.6. The molecule has 1 spiro atoms. The number of benzene rings is 2. The van der Waals surface area contributed by atoms with E-state index < -0.39 is 35.2 Å². The lowest BCUT2D eigenvalue weighted by Crippen LogP contribution is -2.53. The van der Waals surface area contributed by atoms with Crippen LogP contribution in [0, 0.1) is 18.8 Å². The summed E-state index contributed by atoms with van der Waals surface area (Å²) in [6, 6.07) is 12.6. The molecule has 2 saturated heterocycles. The zero-order valence-electron chi connectivity index (χ0n) is 18.6. The molecular weight excluding hydrogens is 456 g/mol. The fourth-order valence-corrected chi connectivity index (χ4v) is 6.03. The summed E-state index contributed by atoms with van der Waals surface area (Å²) < 4.78 is 0. The van der Waals surface area contributed by atoms with Gasteiger partial charge in [-0.25, -0.2) is 0 Å². The number of carbonyl (C=O) groups excluding carboxylic acids is 4. The third kappa shape index (κ3) is 3.32. The Morgan fingerprint density at radius 2 is 1.88 bits per heavy atom. The number of nitrogens with two attached hydrogens (primary N) is 1. The van der Waals surface area contributed by atoms with Gasteiger partial charge in [0.2, 0.25) is 23.6 Å². The molecular formula is C25H25ClN4O4. The zero-order valence-corrected chi connectivity index (χ0v) is 19.4. The predicted octanol–water partition coefficient (Wildman–Crippen LogP) is 1.88. The number of primary amides is 1. The second-order valence-electron chi connectivity index (χ2n) is 9.25. The van der Waals surface area contributed by atoms with E-state index in [9.17, 15) is 19.2 Å². The third-order valence-corrected chi connectivity index (χ3v) is 7.48. The average Bonchev–Trinajstić information content (AvgIpc) is 3.37. The van der Waals surface area contributed by atoms with Gasteiger partial charge in [0, 0.05) is 24.6 Å². The van der Waals surface area contributed by atoms with Crippen LogP contribution in [-0.2, 0) is 31.1 Å². The summed E-state index contributed by atoms with van der Waals surface area (Å²) >= 11 is 6.43. The van der Waals surface area contributed by atoms with Gasteiger partial charge in [-0.15, -0.1) is 0 Å². The van der Waals surface area contributed by atoms with Crippen molar-refractivity contribution in [2.24, 2.45) is 17.6 Å². The molecule has 4 N–H and O–H groups in total. The molecule has 3 aliphatic heterocycles. The highest BCUT2D eigenvalue weighted by Gasteiger charge is 2.70. The van der Waals surface area contributed by atoms with Crippen LogP contribution in [0.4, 0.5) is 5.69 Å². The minimum absolute atomic E-state index is 0.0332. The minimum atomic E-state index is -1.44. The second-order valence-corrected chi connectivity index (χ2v) is 9.66. The number of aryl methyl sites for hydroxylation is 1. The summed E-state index contributed by atoms with van der Waals surface area (Å²) in [5.41, 5.74) is 6.77. The van der Waals surface area contributed by atoms with Gasteiger partial charge in [-0.3, -0.25) is 29.4 Å². The molecule has 4 amide bonds. The highest BCUT2D eigenvalue weighted by atomic mass is 35.5. The maximum atomic E-state index is 13.7. The smallest absolute Gasteiger partial charge is 0.250 e. The molecule has 5 rings (SSSR count). The highest BCUT2D eigenvalue weighted by Crippen LogP contribution is 2.54. The van der Waals surface area contributed by atoms with Crippen molar-refractivity contribution in [1.82, 2.24) is 10.2 Å². The van der Waals surface area contributed by atoms with Gasteiger partial charge >= 0.3 is 0 Å². The maximum Gasteiger partial charge on any atom is 0.250 e. The Bertz CT molecular complexity index is 1220. The molecule has 2 aromatic carbocycles. The molecule has 34 heavy (non-hydrogen) atoms. The molecule has 0 aliphatic carbocycles. The lowest BCUT2D eigenvalue weighted by Gasteiger charge is -2.29. The van der Waals surface area contributed by atoms with Gasteiger partial charge in [-0.1, -0.05) is 48.0 Å². The number of amides is 4. The summed E-state index contributed by atoms with van der Waals surface area (Å²) in [6.45, 7) is 2.07. The van der Waals surface area contributed by atoms with Gasteiger partial charge in [0.15, 0.2) is 0 Å². The van der Waals surface area contributed by atoms with E-state index in [0.29, 0.717) is 22.7 Å². The number of imide groups is 1. The van der Waals surface area contributed by atoms with Gasteiger partial charge in [-0.05, 0) is 37.0 Å².